The summed E-state index contributed by atoms with van der Waals surface area (Å²) in [5.41, 5.74) is 2.94. The number of ether oxygens (including phenoxy) is 1. The number of aryl methyl sites for hydroxylation is 1. The van der Waals surface area contributed by atoms with Crippen molar-refractivity contribution in [3.05, 3.63) is 65.7 Å². The zero-order valence-corrected chi connectivity index (χ0v) is 17.4. The number of carbonyl (C=O) groups is 1. The zero-order chi connectivity index (χ0) is 20.2. The van der Waals surface area contributed by atoms with Gasteiger partial charge in [-0.05, 0) is 61.5 Å². The van der Waals surface area contributed by atoms with E-state index in [2.05, 4.69) is 17.6 Å². The van der Waals surface area contributed by atoms with Crippen molar-refractivity contribution >= 4 is 35.0 Å². The molecule has 0 aliphatic rings. The molecule has 28 heavy (non-hydrogen) atoms. The van der Waals surface area contributed by atoms with E-state index in [1.54, 1.807) is 6.08 Å². The van der Waals surface area contributed by atoms with Crippen LogP contribution >= 0.6 is 12.2 Å². The molecule has 0 saturated heterocycles. The van der Waals surface area contributed by atoms with Crippen molar-refractivity contribution < 1.29 is 9.53 Å². The van der Waals surface area contributed by atoms with E-state index < -0.39 is 0 Å². The second-order valence-electron chi connectivity index (χ2n) is 6.62. The van der Waals surface area contributed by atoms with Crippen LogP contribution in [0.15, 0.2) is 54.6 Å². The monoisotopic (exact) mass is 396 g/mol. The molecule has 2 N–H and O–H groups in total. The van der Waals surface area contributed by atoms with E-state index in [0.717, 1.165) is 30.0 Å². The van der Waals surface area contributed by atoms with Crippen LogP contribution in [0.5, 0.6) is 5.75 Å². The number of hydrogen-bond donors (Lipinski definition) is 2. The molecule has 0 saturated carbocycles. The highest BCUT2D eigenvalue weighted by Crippen LogP contribution is 2.16. The molecular formula is C23H28N2O2S. The van der Waals surface area contributed by atoms with E-state index in [4.69, 9.17) is 17.0 Å². The average molecular weight is 397 g/mol. The van der Waals surface area contributed by atoms with Crippen molar-refractivity contribution in [1.82, 2.24) is 5.32 Å². The minimum Gasteiger partial charge on any atom is -0.494 e. The van der Waals surface area contributed by atoms with Crippen molar-refractivity contribution in [2.45, 2.75) is 39.5 Å². The molecule has 0 heterocycles. The van der Waals surface area contributed by atoms with Crippen molar-refractivity contribution in [3.63, 3.8) is 0 Å². The Morgan fingerprint density at radius 2 is 1.75 bits per heavy atom. The third-order valence-electron chi connectivity index (χ3n) is 4.12. The third-order valence-corrected chi connectivity index (χ3v) is 4.32. The van der Waals surface area contributed by atoms with Gasteiger partial charge in [-0.2, -0.15) is 0 Å². The van der Waals surface area contributed by atoms with Gasteiger partial charge in [-0.15, -0.1) is 0 Å². The Morgan fingerprint density at radius 1 is 1.04 bits per heavy atom. The number of amides is 1. The number of nitrogens with one attached hydrogen (secondary N) is 2. The Morgan fingerprint density at radius 3 is 2.43 bits per heavy atom. The number of anilines is 1. The summed E-state index contributed by atoms with van der Waals surface area (Å²) >= 11 is 5.20. The summed E-state index contributed by atoms with van der Waals surface area (Å²) in [6, 6.07) is 15.5. The van der Waals surface area contributed by atoms with E-state index >= 15 is 0 Å². The van der Waals surface area contributed by atoms with Crippen LogP contribution in [-0.4, -0.2) is 17.6 Å². The van der Waals surface area contributed by atoms with Gasteiger partial charge in [0.2, 0.25) is 5.91 Å². The fourth-order valence-corrected chi connectivity index (χ4v) is 2.74. The van der Waals surface area contributed by atoms with Gasteiger partial charge in [0, 0.05) is 11.8 Å². The molecule has 0 spiro atoms. The Bertz CT molecular complexity index is 783. The lowest BCUT2D eigenvalue weighted by Crippen LogP contribution is -2.32. The van der Waals surface area contributed by atoms with Gasteiger partial charge in [-0.3, -0.25) is 10.1 Å². The maximum absolute atomic E-state index is 12.0. The molecule has 2 rings (SSSR count). The van der Waals surface area contributed by atoms with Gasteiger partial charge in [0.1, 0.15) is 5.75 Å². The molecule has 0 aliphatic heterocycles. The maximum atomic E-state index is 12.0. The molecule has 2 aromatic carbocycles. The minimum atomic E-state index is -0.273. The number of benzene rings is 2. The molecule has 2 aromatic rings. The van der Waals surface area contributed by atoms with E-state index in [1.807, 2.05) is 55.5 Å². The van der Waals surface area contributed by atoms with Crippen LogP contribution in [0.4, 0.5) is 5.69 Å². The molecular weight excluding hydrogens is 368 g/mol. The minimum absolute atomic E-state index is 0.256. The van der Waals surface area contributed by atoms with Crippen molar-refractivity contribution in [1.29, 1.82) is 0 Å². The number of carbonyl (C=O) groups excluding carboxylic acids is 1. The molecule has 0 aromatic heterocycles. The second kappa shape index (κ2) is 11.9. The van der Waals surface area contributed by atoms with Crippen molar-refractivity contribution in [2.75, 3.05) is 11.9 Å². The predicted molar refractivity (Wildman–Crippen MR) is 121 cm³/mol. The molecule has 5 heteroatoms. The standard InChI is InChI=1S/C23H28N2O2S/c1-3-4-5-6-17-27-21-14-12-20(13-15-21)24-23(28)25-22(26)16-11-19-9-7-18(2)8-10-19/h7-16H,3-6,17H2,1-2H3,(H2,24,25,26,28). The molecule has 0 unspecified atom stereocenters. The summed E-state index contributed by atoms with van der Waals surface area (Å²) in [7, 11) is 0. The number of thiocarbonyl (C=S) groups is 1. The number of hydrogen-bond acceptors (Lipinski definition) is 3. The molecule has 0 aliphatic carbocycles. The van der Waals surface area contributed by atoms with E-state index in [0.29, 0.717) is 0 Å². The molecule has 0 atom stereocenters. The molecule has 0 bridgehead atoms. The number of unbranched alkanes of at least 4 members (excludes halogenated alkanes) is 3. The van der Waals surface area contributed by atoms with Gasteiger partial charge in [0.25, 0.3) is 0 Å². The molecule has 4 nitrogen and oxygen atoms in total. The molecule has 0 radical (unpaired) electrons. The lowest BCUT2D eigenvalue weighted by molar-refractivity contribution is -0.115. The highest BCUT2D eigenvalue weighted by Gasteiger charge is 2.02. The highest BCUT2D eigenvalue weighted by molar-refractivity contribution is 7.80. The van der Waals surface area contributed by atoms with Crippen LogP contribution in [0.25, 0.3) is 6.08 Å². The Balaban J connectivity index is 1.74. The van der Waals surface area contributed by atoms with Gasteiger partial charge >= 0.3 is 0 Å². The summed E-state index contributed by atoms with van der Waals surface area (Å²) in [6.45, 7) is 4.95. The Hall–Kier alpha value is -2.66. The Labute approximate surface area is 173 Å². The fourth-order valence-electron chi connectivity index (χ4n) is 2.52. The van der Waals surface area contributed by atoms with Gasteiger partial charge in [0.15, 0.2) is 5.11 Å². The summed E-state index contributed by atoms with van der Waals surface area (Å²) in [5, 5.41) is 5.90. The lowest BCUT2D eigenvalue weighted by atomic mass is 10.1. The lowest BCUT2D eigenvalue weighted by Gasteiger charge is -2.10. The van der Waals surface area contributed by atoms with E-state index in [9.17, 15) is 4.79 Å². The van der Waals surface area contributed by atoms with Crippen LogP contribution in [0, 0.1) is 6.92 Å². The van der Waals surface area contributed by atoms with Gasteiger partial charge in [-0.1, -0.05) is 56.0 Å². The molecule has 0 fully saturated rings. The average Bonchev–Trinajstić information content (AvgIpc) is 2.68. The van der Waals surface area contributed by atoms with Crippen molar-refractivity contribution in [2.24, 2.45) is 0 Å². The first-order valence-electron chi connectivity index (χ1n) is 9.66. The fraction of sp³-hybridized carbons (Fsp3) is 0.304. The summed E-state index contributed by atoms with van der Waals surface area (Å²) in [4.78, 5) is 12.0. The van der Waals surface area contributed by atoms with Crippen molar-refractivity contribution in [3.8, 4) is 5.75 Å². The predicted octanol–water partition coefficient (Wildman–Crippen LogP) is 5.48. The largest absolute Gasteiger partial charge is 0.494 e. The third kappa shape index (κ3) is 8.35. The van der Waals surface area contributed by atoms with Crippen LogP contribution in [0.3, 0.4) is 0 Å². The number of rotatable bonds is 9. The normalized spacial score (nSPS) is 10.6. The molecule has 148 valence electrons. The summed E-state index contributed by atoms with van der Waals surface area (Å²) in [6.07, 6.45) is 7.95. The van der Waals surface area contributed by atoms with E-state index in [1.165, 1.54) is 30.9 Å². The first-order chi connectivity index (χ1) is 13.6. The van der Waals surface area contributed by atoms with Gasteiger partial charge in [-0.25, -0.2) is 0 Å². The van der Waals surface area contributed by atoms with Gasteiger partial charge < -0.3 is 10.1 Å². The molecule has 1 amide bonds. The van der Waals surface area contributed by atoms with Gasteiger partial charge in [0.05, 0.1) is 6.61 Å². The van der Waals surface area contributed by atoms with Crippen LogP contribution in [-0.2, 0) is 4.79 Å². The summed E-state index contributed by atoms with van der Waals surface area (Å²) in [5.74, 6) is 0.558. The quantitative estimate of drug-likeness (QED) is 0.335. The Kier molecular flexibility index (Phi) is 9.22. The highest BCUT2D eigenvalue weighted by atomic mass is 32.1. The second-order valence-corrected chi connectivity index (χ2v) is 7.03. The van der Waals surface area contributed by atoms with Crippen LogP contribution in [0.1, 0.15) is 43.7 Å². The first kappa shape index (κ1) is 21.6. The SMILES string of the molecule is CCCCCCOc1ccc(NC(=S)NC(=O)C=Cc2ccc(C)cc2)cc1. The first-order valence-corrected chi connectivity index (χ1v) is 10.1. The summed E-state index contributed by atoms with van der Waals surface area (Å²) < 4.78 is 5.72. The van der Waals surface area contributed by atoms with Crippen LogP contribution < -0.4 is 15.4 Å². The maximum Gasteiger partial charge on any atom is 0.250 e. The topological polar surface area (TPSA) is 50.4 Å². The smallest absolute Gasteiger partial charge is 0.250 e. The zero-order valence-electron chi connectivity index (χ0n) is 16.5. The van der Waals surface area contributed by atoms with Crippen LogP contribution in [0.2, 0.25) is 0 Å². The van der Waals surface area contributed by atoms with E-state index in [-0.39, 0.29) is 11.0 Å².